The number of halogens is 4. The predicted molar refractivity (Wildman–Crippen MR) is 128 cm³/mol. The molecule has 3 heterocycles. The fraction of sp³-hybridized carbons (Fsp3) is 0.296. The van der Waals surface area contributed by atoms with Crippen LogP contribution in [-0.4, -0.2) is 33.9 Å². The smallest absolute Gasteiger partial charge is 0.342 e. The Hall–Kier alpha value is -3.19. The minimum Gasteiger partial charge on any atom is -0.342 e. The molecule has 4 nitrogen and oxygen atoms in total. The van der Waals surface area contributed by atoms with E-state index in [1.165, 1.54) is 6.07 Å². The van der Waals surface area contributed by atoms with Crippen molar-refractivity contribution >= 4 is 23.1 Å². The van der Waals surface area contributed by atoms with Crippen LogP contribution in [0, 0.1) is 0 Å². The van der Waals surface area contributed by atoms with Crippen molar-refractivity contribution in [3.63, 3.8) is 0 Å². The van der Waals surface area contributed by atoms with Gasteiger partial charge in [0.15, 0.2) is 0 Å². The zero-order valence-corrected chi connectivity index (χ0v) is 19.7. The second kappa shape index (κ2) is 9.46. The third kappa shape index (κ3) is 4.96. The fourth-order valence-electron chi connectivity index (χ4n) is 4.91. The summed E-state index contributed by atoms with van der Waals surface area (Å²) < 4.78 is 40.2. The third-order valence-electron chi connectivity index (χ3n) is 6.71. The second-order valence-corrected chi connectivity index (χ2v) is 9.36. The van der Waals surface area contributed by atoms with E-state index in [1.807, 2.05) is 35.2 Å². The van der Waals surface area contributed by atoms with Crippen LogP contribution in [0.4, 0.5) is 13.2 Å². The standard InChI is InChI=1S/C27H23ClF3N3O/c28-22-3-4-23-19(15-22)1-2-20-14-21(27(29,30)31)16-33-26(20)25(23)18-7-11-34(12-8-18)24(35)13-17-5-9-32-10-6-17/h3-6,9-10,14-16H,1-2,7-8,11-13H2. The maximum atomic E-state index is 13.4. The van der Waals surface area contributed by atoms with E-state index in [2.05, 4.69) is 9.97 Å². The zero-order chi connectivity index (χ0) is 24.6. The van der Waals surface area contributed by atoms with Crippen molar-refractivity contribution < 1.29 is 18.0 Å². The monoisotopic (exact) mass is 497 g/mol. The highest BCUT2D eigenvalue weighted by Crippen LogP contribution is 2.40. The Labute approximate surface area is 206 Å². The molecule has 0 atom stereocenters. The summed E-state index contributed by atoms with van der Waals surface area (Å²) in [6.07, 6.45) is 2.46. The van der Waals surface area contributed by atoms with Crippen LogP contribution >= 0.6 is 11.6 Å². The van der Waals surface area contributed by atoms with Crippen LogP contribution in [0.2, 0.25) is 5.02 Å². The minimum absolute atomic E-state index is 0.0571. The molecule has 35 heavy (non-hydrogen) atoms. The number of pyridine rings is 2. The average Bonchev–Trinajstić information content (AvgIpc) is 3.00. The van der Waals surface area contributed by atoms with E-state index < -0.39 is 11.7 Å². The largest absolute Gasteiger partial charge is 0.417 e. The van der Waals surface area contributed by atoms with E-state index in [-0.39, 0.29) is 5.91 Å². The number of fused-ring (bicyclic) bond motifs is 2. The van der Waals surface area contributed by atoms with E-state index in [9.17, 15) is 18.0 Å². The van der Waals surface area contributed by atoms with Crippen LogP contribution in [0.1, 0.15) is 46.4 Å². The number of nitrogens with zero attached hydrogens (tertiary/aromatic N) is 3. The Morgan fingerprint density at radius 1 is 0.971 bits per heavy atom. The minimum atomic E-state index is -4.45. The highest BCUT2D eigenvalue weighted by atomic mass is 35.5. The summed E-state index contributed by atoms with van der Waals surface area (Å²) >= 11 is 6.25. The van der Waals surface area contributed by atoms with Gasteiger partial charge in [-0.1, -0.05) is 23.2 Å². The molecule has 2 aliphatic rings. The molecule has 180 valence electrons. The molecule has 0 unspecified atom stereocenters. The number of piperidine rings is 1. The Balaban J connectivity index is 1.48. The van der Waals surface area contributed by atoms with Gasteiger partial charge in [-0.25, -0.2) is 0 Å². The van der Waals surface area contributed by atoms with Crippen LogP contribution in [0.15, 0.2) is 60.6 Å². The van der Waals surface area contributed by atoms with E-state index in [4.69, 9.17) is 11.6 Å². The number of carbonyl (C=O) groups is 1. The van der Waals surface area contributed by atoms with Crippen molar-refractivity contribution in [3.05, 3.63) is 99.1 Å². The first-order valence-corrected chi connectivity index (χ1v) is 11.9. The van der Waals surface area contributed by atoms with Crippen LogP contribution in [0.3, 0.4) is 0 Å². The number of hydrogen-bond donors (Lipinski definition) is 0. The van der Waals surface area contributed by atoms with E-state index >= 15 is 0 Å². The lowest BCUT2D eigenvalue weighted by Crippen LogP contribution is -2.37. The maximum Gasteiger partial charge on any atom is 0.417 e. The molecular weight excluding hydrogens is 475 g/mol. The van der Waals surface area contributed by atoms with Crippen LogP contribution in [0.5, 0.6) is 0 Å². The van der Waals surface area contributed by atoms with Crippen molar-refractivity contribution in [1.82, 2.24) is 14.9 Å². The van der Waals surface area contributed by atoms with Gasteiger partial charge in [-0.2, -0.15) is 13.2 Å². The Bertz CT molecular complexity index is 1290. The van der Waals surface area contributed by atoms with Crippen LogP contribution in [-0.2, 0) is 30.2 Å². The number of rotatable bonds is 2. The highest BCUT2D eigenvalue weighted by molar-refractivity contribution is 6.30. The summed E-state index contributed by atoms with van der Waals surface area (Å²) in [7, 11) is 0. The first-order chi connectivity index (χ1) is 16.8. The first-order valence-electron chi connectivity index (χ1n) is 11.5. The Morgan fingerprint density at radius 3 is 2.40 bits per heavy atom. The molecule has 0 spiro atoms. The van der Waals surface area contributed by atoms with Crippen LogP contribution < -0.4 is 0 Å². The number of hydrogen-bond acceptors (Lipinski definition) is 3. The topological polar surface area (TPSA) is 46.1 Å². The summed E-state index contributed by atoms with van der Waals surface area (Å²) in [5.74, 6) is 0.0571. The van der Waals surface area contributed by atoms with Gasteiger partial charge >= 0.3 is 6.18 Å². The number of aryl methyl sites for hydroxylation is 2. The van der Waals surface area contributed by atoms with Crippen molar-refractivity contribution in [2.45, 2.75) is 38.3 Å². The molecular formula is C27H23ClF3N3O. The summed E-state index contributed by atoms with van der Waals surface area (Å²) in [5, 5.41) is 0.597. The molecule has 1 aliphatic carbocycles. The van der Waals surface area contributed by atoms with Gasteiger partial charge in [0.25, 0.3) is 0 Å². The normalized spacial score (nSPS) is 15.9. The average molecular weight is 498 g/mol. The predicted octanol–water partition coefficient (Wildman–Crippen LogP) is 5.91. The van der Waals surface area contributed by atoms with Gasteiger partial charge in [0, 0.05) is 42.3 Å². The zero-order valence-electron chi connectivity index (χ0n) is 18.9. The first kappa shape index (κ1) is 23.5. The van der Waals surface area contributed by atoms with E-state index in [0.29, 0.717) is 61.5 Å². The molecule has 5 rings (SSSR count). The van der Waals surface area contributed by atoms with Crippen molar-refractivity contribution in [1.29, 1.82) is 0 Å². The fourth-order valence-corrected chi connectivity index (χ4v) is 5.11. The summed E-state index contributed by atoms with van der Waals surface area (Å²) in [6.45, 7) is 1.11. The summed E-state index contributed by atoms with van der Waals surface area (Å²) in [6, 6.07) is 10.5. The van der Waals surface area contributed by atoms with Gasteiger partial charge in [0.05, 0.1) is 17.7 Å². The number of alkyl halides is 3. The van der Waals surface area contributed by atoms with Gasteiger partial charge in [-0.15, -0.1) is 0 Å². The van der Waals surface area contributed by atoms with Crippen molar-refractivity contribution in [3.8, 4) is 0 Å². The molecule has 3 aromatic rings. The van der Waals surface area contributed by atoms with Gasteiger partial charge in [-0.05, 0) is 78.3 Å². The lowest BCUT2D eigenvalue weighted by molar-refractivity contribution is -0.138. The van der Waals surface area contributed by atoms with E-state index in [0.717, 1.165) is 34.0 Å². The van der Waals surface area contributed by atoms with Gasteiger partial charge in [-0.3, -0.25) is 14.8 Å². The molecule has 0 saturated carbocycles. The van der Waals surface area contributed by atoms with E-state index in [1.54, 1.807) is 12.4 Å². The molecule has 8 heteroatoms. The second-order valence-electron chi connectivity index (χ2n) is 8.92. The van der Waals surface area contributed by atoms with Crippen molar-refractivity contribution in [2.75, 3.05) is 13.1 Å². The number of aromatic nitrogens is 2. The Kier molecular flexibility index (Phi) is 6.36. The SMILES string of the molecule is O=C(Cc1ccncc1)N1CCC(=C2c3ccc(Cl)cc3CCc3cc(C(F)(F)F)cnc32)CC1. The highest BCUT2D eigenvalue weighted by Gasteiger charge is 2.33. The maximum absolute atomic E-state index is 13.4. The number of benzene rings is 1. The molecule has 1 fully saturated rings. The molecule has 0 bridgehead atoms. The summed E-state index contributed by atoms with van der Waals surface area (Å²) in [5.41, 5.74) is 5.34. The summed E-state index contributed by atoms with van der Waals surface area (Å²) in [4.78, 5) is 23.0. The number of carbonyl (C=O) groups excluding carboxylic acids is 1. The molecule has 2 aromatic heterocycles. The lowest BCUT2D eigenvalue weighted by atomic mass is 9.88. The molecule has 1 saturated heterocycles. The van der Waals surface area contributed by atoms with Gasteiger partial charge < -0.3 is 4.90 Å². The van der Waals surface area contributed by atoms with Crippen LogP contribution in [0.25, 0.3) is 5.57 Å². The molecule has 1 aliphatic heterocycles. The van der Waals surface area contributed by atoms with Gasteiger partial charge in [0.1, 0.15) is 0 Å². The lowest BCUT2D eigenvalue weighted by Gasteiger charge is -2.30. The quantitative estimate of drug-likeness (QED) is 0.442. The number of amides is 1. The molecule has 0 N–H and O–H groups in total. The molecule has 1 amide bonds. The van der Waals surface area contributed by atoms with Gasteiger partial charge in [0.2, 0.25) is 5.91 Å². The Morgan fingerprint density at radius 2 is 1.69 bits per heavy atom. The van der Waals surface area contributed by atoms with Crippen molar-refractivity contribution in [2.24, 2.45) is 0 Å². The molecule has 1 aromatic carbocycles. The third-order valence-corrected chi connectivity index (χ3v) is 6.94. The molecule has 0 radical (unpaired) electrons. The number of likely N-dealkylation sites (tertiary alicyclic amines) is 1.